The SMILES string of the molecule is CN(C)C(=O)Sc1ccc(NC(=O)c2cnc(Cl)c(Cl)c2)cc1. The summed E-state index contributed by atoms with van der Waals surface area (Å²) in [5, 5.41) is 3.02. The first-order chi connectivity index (χ1) is 10.9. The van der Waals surface area contributed by atoms with Crippen LogP contribution in [0.4, 0.5) is 10.5 Å². The molecule has 0 aliphatic rings. The van der Waals surface area contributed by atoms with Crippen LogP contribution in [0.15, 0.2) is 41.4 Å². The van der Waals surface area contributed by atoms with Gasteiger partial charge in [-0.05, 0) is 42.1 Å². The number of hydrogen-bond acceptors (Lipinski definition) is 4. The molecule has 0 saturated heterocycles. The summed E-state index contributed by atoms with van der Waals surface area (Å²) in [6, 6.07) is 8.40. The maximum Gasteiger partial charge on any atom is 0.285 e. The Labute approximate surface area is 148 Å². The normalized spacial score (nSPS) is 10.3. The fourth-order valence-electron chi connectivity index (χ4n) is 1.55. The predicted molar refractivity (Wildman–Crippen MR) is 93.6 cm³/mol. The number of nitrogens with one attached hydrogen (secondary N) is 1. The molecule has 0 atom stereocenters. The van der Waals surface area contributed by atoms with E-state index in [4.69, 9.17) is 23.2 Å². The van der Waals surface area contributed by atoms with Crippen molar-refractivity contribution >= 4 is 51.8 Å². The zero-order valence-electron chi connectivity index (χ0n) is 12.3. The summed E-state index contributed by atoms with van der Waals surface area (Å²) in [7, 11) is 3.38. The van der Waals surface area contributed by atoms with Gasteiger partial charge in [0.05, 0.1) is 10.6 Å². The molecule has 0 radical (unpaired) electrons. The van der Waals surface area contributed by atoms with E-state index in [0.717, 1.165) is 16.7 Å². The summed E-state index contributed by atoms with van der Waals surface area (Å²) in [6.45, 7) is 0. The van der Waals surface area contributed by atoms with Crippen molar-refractivity contribution < 1.29 is 9.59 Å². The van der Waals surface area contributed by atoms with Crippen molar-refractivity contribution in [2.75, 3.05) is 19.4 Å². The van der Waals surface area contributed by atoms with Gasteiger partial charge in [0.15, 0.2) is 0 Å². The van der Waals surface area contributed by atoms with E-state index in [-0.39, 0.29) is 21.3 Å². The Bertz CT molecular complexity index is 736. The molecule has 1 N–H and O–H groups in total. The molecule has 0 spiro atoms. The van der Waals surface area contributed by atoms with Gasteiger partial charge < -0.3 is 10.2 Å². The smallest absolute Gasteiger partial charge is 0.285 e. The number of nitrogens with zero attached hydrogens (tertiary/aromatic N) is 2. The number of rotatable bonds is 3. The Kier molecular flexibility index (Phi) is 5.87. The molecular formula is C15H13Cl2N3O2S. The quantitative estimate of drug-likeness (QED) is 0.642. The first-order valence-electron chi connectivity index (χ1n) is 6.48. The zero-order valence-corrected chi connectivity index (χ0v) is 14.7. The minimum atomic E-state index is -0.346. The molecule has 120 valence electrons. The van der Waals surface area contributed by atoms with Gasteiger partial charge in [-0.1, -0.05) is 23.2 Å². The van der Waals surface area contributed by atoms with Crippen LogP contribution in [-0.2, 0) is 0 Å². The molecule has 0 saturated carbocycles. The minimum Gasteiger partial charge on any atom is -0.339 e. The van der Waals surface area contributed by atoms with Crippen LogP contribution in [0.25, 0.3) is 0 Å². The van der Waals surface area contributed by atoms with Crippen LogP contribution >= 0.6 is 35.0 Å². The van der Waals surface area contributed by atoms with Crippen LogP contribution in [0.1, 0.15) is 10.4 Å². The highest BCUT2D eigenvalue weighted by molar-refractivity contribution is 8.13. The lowest BCUT2D eigenvalue weighted by Crippen LogP contribution is -2.16. The summed E-state index contributed by atoms with van der Waals surface area (Å²) in [5.41, 5.74) is 0.906. The zero-order chi connectivity index (χ0) is 17.0. The molecule has 8 heteroatoms. The van der Waals surface area contributed by atoms with Gasteiger partial charge in [-0.3, -0.25) is 9.59 Å². The Morgan fingerprint density at radius 1 is 1.17 bits per heavy atom. The number of thioether (sulfide) groups is 1. The Balaban J connectivity index is 2.04. The maximum atomic E-state index is 12.1. The number of hydrogen-bond donors (Lipinski definition) is 1. The molecule has 2 aromatic rings. The minimum absolute atomic E-state index is 0.0660. The van der Waals surface area contributed by atoms with Crippen molar-refractivity contribution in [1.29, 1.82) is 0 Å². The third kappa shape index (κ3) is 4.86. The van der Waals surface area contributed by atoms with E-state index in [1.165, 1.54) is 17.2 Å². The summed E-state index contributed by atoms with van der Waals surface area (Å²) >= 11 is 12.7. The van der Waals surface area contributed by atoms with Crippen LogP contribution in [0, 0.1) is 0 Å². The van der Waals surface area contributed by atoms with Crippen LogP contribution in [0.3, 0.4) is 0 Å². The van der Waals surface area contributed by atoms with Crippen molar-refractivity contribution in [3.05, 3.63) is 52.3 Å². The third-order valence-electron chi connectivity index (χ3n) is 2.74. The van der Waals surface area contributed by atoms with E-state index >= 15 is 0 Å². The largest absolute Gasteiger partial charge is 0.339 e. The number of aromatic nitrogens is 1. The number of amides is 2. The van der Waals surface area contributed by atoms with E-state index < -0.39 is 0 Å². The fraction of sp³-hybridized carbons (Fsp3) is 0.133. The van der Waals surface area contributed by atoms with Gasteiger partial charge in [0.2, 0.25) is 0 Å². The second-order valence-corrected chi connectivity index (χ2v) is 6.53. The van der Waals surface area contributed by atoms with E-state index in [0.29, 0.717) is 11.3 Å². The standard InChI is InChI=1S/C15H13Cl2N3O2S/c1-20(2)15(22)23-11-5-3-10(4-6-11)19-14(21)9-7-12(16)13(17)18-8-9/h3-8H,1-2H3,(H,19,21). The summed E-state index contributed by atoms with van der Waals surface area (Å²) < 4.78 is 0. The highest BCUT2D eigenvalue weighted by atomic mass is 35.5. The first kappa shape index (κ1) is 17.6. The van der Waals surface area contributed by atoms with Gasteiger partial charge in [0, 0.05) is 30.9 Å². The number of pyridine rings is 1. The van der Waals surface area contributed by atoms with Gasteiger partial charge in [0.25, 0.3) is 11.1 Å². The van der Waals surface area contributed by atoms with E-state index in [9.17, 15) is 9.59 Å². The van der Waals surface area contributed by atoms with Crippen LogP contribution in [0.5, 0.6) is 0 Å². The lowest BCUT2D eigenvalue weighted by atomic mass is 10.2. The molecule has 0 aliphatic carbocycles. The van der Waals surface area contributed by atoms with Crippen molar-refractivity contribution in [3.63, 3.8) is 0 Å². The molecule has 0 unspecified atom stereocenters. The molecular weight excluding hydrogens is 357 g/mol. The molecule has 1 aromatic carbocycles. The highest BCUT2D eigenvalue weighted by Crippen LogP contribution is 2.23. The average molecular weight is 370 g/mol. The lowest BCUT2D eigenvalue weighted by Gasteiger charge is -2.10. The molecule has 23 heavy (non-hydrogen) atoms. The summed E-state index contributed by atoms with van der Waals surface area (Å²) in [5.74, 6) is -0.346. The number of carbonyl (C=O) groups excluding carboxylic acids is 2. The molecule has 2 rings (SSSR count). The summed E-state index contributed by atoms with van der Waals surface area (Å²) in [6.07, 6.45) is 1.35. The highest BCUT2D eigenvalue weighted by Gasteiger charge is 2.10. The van der Waals surface area contributed by atoms with Gasteiger partial charge >= 0.3 is 0 Å². The second-order valence-electron chi connectivity index (χ2n) is 4.74. The second kappa shape index (κ2) is 7.68. The summed E-state index contributed by atoms with van der Waals surface area (Å²) in [4.78, 5) is 29.8. The molecule has 0 bridgehead atoms. The molecule has 1 heterocycles. The molecule has 2 amide bonds. The number of anilines is 1. The third-order valence-corrected chi connectivity index (χ3v) is 4.47. The molecule has 0 aliphatic heterocycles. The van der Waals surface area contributed by atoms with E-state index in [2.05, 4.69) is 10.3 Å². The first-order valence-corrected chi connectivity index (χ1v) is 8.05. The number of carbonyl (C=O) groups is 2. The van der Waals surface area contributed by atoms with Gasteiger partial charge in [-0.2, -0.15) is 0 Å². The predicted octanol–water partition coefficient (Wildman–Crippen LogP) is 4.41. The van der Waals surface area contributed by atoms with Crippen molar-refractivity contribution in [3.8, 4) is 0 Å². The number of halogens is 2. The van der Waals surface area contributed by atoms with E-state index in [1.807, 2.05) is 0 Å². The van der Waals surface area contributed by atoms with Crippen LogP contribution in [-0.4, -0.2) is 35.1 Å². The maximum absolute atomic E-state index is 12.1. The fourth-order valence-corrected chi connectivity index (χ4v) is 2.47. The van der Waals surface area contributed by atoms with Crippen molar-refractivity contribution in [1.82, 2.24) is 9.88 Å². The molecule has 1 aromatic heterocycles. The van der Waals surface area contributed by atoms with Gasteiger partial charge in [-0.25, -0.2) is 4.98 Å². The Hall–Kier alpha value is -1.76. The Morgan fingerprint density at radius 2 is 1.83 bits per heavy atom. The lowest BCUT2D eigenvalue weighted by molar-refractivity contribution is 0.102. The van der Waals surface area contributed by atoms with Gasteiger partial charge in [0.1, 0.15) is 5.15 Å². The topological polar surface area (TPSA) is 62.3 Å². The monoisotopic (exact) mass is 369 g/mol. The van der Waals surface area contributed by atoms with Crippen molar-refractivity contribution in [2.45, 2.75) is 4.90 Å². The van der Waals surface area contributed by atoms with Crippen LogP contribution in [0.2, 0.25) is 10.2 Å². The van der Waals surface area contributed by atoms with Crippen LogP contribution < -0.4 is 5.32 Å². The number of benzene rings is 1. The average Bonchev–Trinajstić information content (AvgIpc) is 2.51. The van der Waals surface area contributed by atoms with E-state index in [1.54, 1.807) is 38.4 Å². The van der Waals surface area contributed by atoms with Crippen molar-refractivity contribution in [2.24, 2.45) is 0 Å². The Morgan fingerprint density at radius 3 is 2.39 bits per heavy atom. The molecule has 5 nitrogen and oxygen atoms in total. The molecule has 0 fully saturated rings. The van der Waals surface area contributed by atoms with Gasteiger partial charge in [-0.15, -0.1) is 0 Å².